The molecule has 0 fully saturated rings. The number of anilines is 3. The lowest BCUT2D eigenvalue weighted by Crippen LogP contribution is -2.21. The van der Waals surface area contributed by atoms with Crippen molar-refractivity contribution >= 4 is 40.6 Å². The molecule has 150 valence electrons. The second-order valence-corrected chi connectivity index (χ2v) is 7.17. The zero-order valence-electron chi connectivity index (χ0n) is 16.3. The van der Waals surface area contributed by atoms with E-state index in [0.717, 1.165) is 16.7 Å². The number of aromatic nitrogens is 3. The lowest BCUT2D eigenvalue weighted by Gasteiger charge is -2.09. The Labute approximate surface area is 173 Å². The van der Waals surface area contributed by atoms with Gasteiger partial charge < -0.3 is 16.4 Å². The number of nitrogens with zero attached hydrogens (tertiary/aromatic N) is 3. The number of benzene rings is 2. The highest BCUT2D eigenvalue weighted by molar-refractivity contribution is 6.31. The molecular weight excluding hydrogens is 392 g/mol. The number of carbonyl (C=O) groups excluding carboxylic acids is 2. The van der Waals surface area contributed by atoms with E-state index < -0.39 is 5.91 Å². The molecule has 0 aliphatic heterocycles. The number of hydrogen-bond donors (Lipinski definition) is 3. The maximum absolute atomic E-state index is 12.5. The van der Waals surface area contributed by atoms with Gasteiger partial charge in [0, 0.05) is 16.4 Å². The Hall–Kier alpha value is -3.39. The van der Waals surface area contributed by atoms with Crippen LogP contribution in [0.25, 0.3) is 0 Å². The minimum absolute atomic E-state index is 0.00453. The summed E-state index contributed by atoms with van der Waals surface area (Å²) in [6, 6.07) is 10.9. The van der Waals surface area contributed by atoms with Crippen molar-refractivity contribution in [1.29, 1.82) is 0 Å². The molecule has 1 heterocycles. The Balaban J connectivity index is 1.69. The van der Waals surface area contributed by atoms with E-state index in [-0.39, 0.29) is 24.0 Å². The molecule has 8 nitrogen and oxygen atoms in total. The van der Waals surface area contributed by atoms with Gasteiger partial charge in [-0.05, 0) is 55.7 Å². The average Bonchev–Trinajstić information content (AvgIpc) is 3.02. The smallest absolute Gasteiger partial charge is 0.280 e. The minimum Gasteiger partial charge on any atom is -0.382 e. The SMILES string of the molecule is Cc1ccc(C)c(NC(=O)c2nnn(CC(=O)Nc3ccc(C)c(Cl)c3)c2N)c1. The van der Waals surface area contributed by atoms with E-state index in [9.17, 15) is 9.59 Å². The summed E-state index contributed by atoms with van der Waals surface area (Å²) >= 11 is 6.06. The molecule has 9 heteroatoms. The Bertz CT molecular complexity index is 1090. The normalized spacial score (nSPS) is 10.6. The van der Waals surface area contributed by atoms with Crippen molar-refractivity contribution in [3.8, 4) is 0 Å². The summed E-state index contributed by atoms with van der Waals surface area (Å²) in [5, 5.41) is 13.7. The van der Waals surface area contributed by atoms with Gasteiger partial charge in [-0.3, -0.25) is 9.59 Å². The molecule has 3 rings (SSSR count). The molecule has 0 saturated heterocycles. The van der Waals surface area contributed by atoms with E-state index in [1.165, 1.54) is 4.68 Å². The Morgan fingerprint density at radius 1 is 1.07 bits per heavy atom. The highest BCUT2D eigenvalue weighted by Crippen LogP contribution is 2.21. The largest absolute Gasteiger partial charge is 0.382 e. The number of rotatable bonds is 5. The molecule has 29 heavy (non-hydrogen) atoms. The number of nitrogen functional groups attached to an aromatic ring is 1. The van der Waals surface area contributed by atoms with E-state index >= 15 is 0 Å². The van der Waals surface area contributed by atoms with Crippen LogP contribution < -0.4 is 16.4 Å². The third-order valence-corrected chi connectivity index (χ3v) is 4.79. The molecule has 3 aromatic rings. The standard InChI is InChI=1S/C20H21ClN6O2/c1-11-4-5-13(3)16(8-11)24-20(29)18-19(22)27(26-25-18)10-17(28)23-14-7-6-12(2)15(21)9-14/h4-9H,10,22H2,1-3H3,(H,23,28)(H,24,29). The van der Waals surface area contributed by atoms with Crippen molar-refractivity contribution in [2.75, 3.05) is 16.4 Å². The Morgan fingerprint density at radius 2 is 1.79 bits per heavy atom. The number of halogens is 1. The quantitative estimate of drug-likeness (QED) is 0.594. The molecule has 0 aliphatic rings. The van der Waals surface area contributed by atoms with Gasteiger partial charge in [-0.25, -0.2) is 4.68 Å². The molecular formula is C20H21ClN6O2. The van der Waals surface area contributed by atoms with Crippen molar-refractivity contribution in [1.82, 2.24) is 15.0 Å². The highest BCUT2D eigenvalue weighted by Gasteiger charge is 2.19. The maximum atomic E-state index is 12.5. The summed E-state index contributed by atoms with van der Waals surface area (Å²) in [5.41, 5.74) is 9.99. The summed E-state index contributed by atoms with van der Waals surface area (Å²) in [4.78, 5) is 24.8. The number of aryl methyl sites for hydroxylation is 3. The number of amides is 2. The van der Waals surface area contributed by atoms with Gasteiger partial charge in [-0.15, -0.1) is 5.10 Å². The first-order valence-corrected chi connectivity index (χ1v) is 9.26. The van der Waals surface area contributed by atoms with Crippen LogP contribution in [0, 0.1) is 20.8 Å². The van der Waals surface area contributed by atoms with Gasteiger partial charge >= 0.3 is 0 Å². The molecule has 4 N–H and O–H groups in total. The third-order valence-electron chi connectivity index (χ3n) is 4.38. The zero-order chi connectivity index (χ0) is 21.1. The van der Waals surface area contributed by atoms with E-state index in [0.29, 0.717) is 16.4 Å². The van der Waals surface area contributed by atoms with Crippen LogP contribution in [-0.4, -0.2) is 26.8 Å². The van der Waals surface area contributed by atoms with Gasteiger partial charge in [0.2, 0.25) is 5.91 Å². The molecule has 0 saturated carbocycles. The molecule has 2 aromatic carbocycles. The molecule has 0 aliphatic carbocycles. The van der Waals surface area contributed by atoms with Crippen LogP contribution in [0.4, 0.5) is 17.2 Å². The van der Waals surface area contributed by atoms with Gasteiger partial charge in [0.05, 0.1) is 0 Å². The summed E-state index contributed by atoms with van der Waals surface area (Å²) in [6.45, 7) is 5.49. The van der Waals surface area contributed by atoms with Gasteiger partial charge in [-0.1, -0.05) is 35.0 Å². The van der Waals surface area contributed by atoms with E-state index in [2.05, 4.69) is 20.9 Å². The van der Waals surface area contributed by atoms with Gasteiger partial charge in [0.1, 0.15) is 6.54 Å². The lowest BCUT2D eigenvalue weighted by atomic mass is 10.1. The first kappa shape index (κ1) is 20.3. The van der Waals surface area contributed by atoms with Gasteiger partial charge in [0.25, 0.3) is 5.91 Å². The number of carbonyl (C=O) groups is 2. The fourth-order valence-corrected chi connectivity index (χ4v) is 2.84. The molecule has 0 bridgehead atoms. The van der Waals surface area contributed by atoms with Crippen LogP contribution in [-0.2, 0) is 11.3 Å². The van der Waals surface area contributed by atoms with Crippen molar-refractivity contribution in [2.45, 2.75) is 27.3 Å². The predicted octanol–water partition coefficient (Wildman–Crippen LogP) is 3.33. The van der Waals surface area contributed by atoms with E-state index in [1.54, 1.807) is 18.2 Å². The monoisotopic (exact) mass is 412 g/mol. The summed E-state index contributed by atoms with van der Waals surface area (Å²) in [7, 11) is 0. The summed E-state index contributed by atoms with van der Waals surface area (Å²) < 4.78 is 1.17. The number of nitrogens with one attached hydrogen (secondary N) is 2. The second kappa shape index (κ2) is 8.32. The van der Waals surface area contributed by atoms with Gasteiger partial charge in [0.15, 0.2) is 11.5 Å². The third kappa shape index (κ3) is 4.72. The number of nitrogens with two attached hydrogens (primary N) is 1. The van der Waals surface area contributed by atoms with Crippen LogP contribution in [0.3, 0.4) is 0 Å². The molecule has 0 atom stereocenters. The van der Waals surface area contributed by atoms with Crippen LogP contribution in [0.1, 0.15) is 27.2 Å². The summed E-state index contributed by atoms with van der Waals surface area (Å²) in [5.74, 6) is -0.860. The van der Waals surface area contributed by atoms with Crippen LogP contribution in [0.5, 0.6) is 0 Å². The van der Waals surface area contributed by atoms with E-state index in [4.69, 9.17) is 17.3 Å². The fraction of sp³-hybridized carbons (Fsp3) is 0.200. The highest BCUT2D eigenvalue weighted by atomic mass is 35.5. The van der Waals surface area contributed by atoms with Crippen LogP contribution in [0.15, 0.2) is 36.4 Å². The first-order valence-electron chi connectivity index (χ1n) is 8.88. The zero-order valence-corrected chi connectivity index (χ0v) is 17.0. The van der Waals surface area contributed by atoms with Crippen molar-refractivity contribution in [3.63, 3.8) is 0 Å². The molecule has 0 spiro atoms. The maximum Gasteiger partial charge on any atom is 0.280 e. The Kier molecular flexibility index (Phi) is 5.84. The van der Waals surface area contributed by atoms with Crippen molar-refractivity contribution in [3.05, 3.63) is 63.8 Å². The predicted molar refractivity (Wildman–Crippen MR) is 113 cm³/mol. The molecule has 0 radical (unpaired) electrons. The molecule has 1 aromatic heterocycles. The van der Waals surface area contributed by atoms with Crippen molar-refractivity contribution in [2.24, 2.45) is 0 Å². The summed E-state index contributed by atoms with van der Waals surface area (Å²) in [6.07, 6.45) is 0. The number of hydrogen-bond acceptors (Lipinski definition) is 5. The van der Waals surface area contributed by atoms with Gasteiger partial charge in [-0.2, -0.15) is 0 Å². The minimum atomic E-state index is -0.492. The lowest BCUT2D eigenvalue weighted by molar-refractivity contribution is -0.116. The molecule has 2 amide bonds. The van der Waals surface area contributed by atoms with Crippen LogP contribution in [0.2, 0.25) is 5.02 Å². The first-order chi connectivity index (χ1) is 13.7. The van der Waals surface area contributed by atoms with E-state index in [1.807, 2.05) is 39.0 Å². The second-order valence-electron chi connectivity index (χ2n) is 6.77. The van der Waals surface area contributed by atoms with Crippen LogP contribution >= 0.6 is 11.6 Å². The average molecular weight is 413 g/mol. The van der Waals surface area contributed by atoms with Crippen molar-refractivity contribution < 1.29 is 9.59 Å². The topological polar surface area (TPSA) is 115 Å². The fourth-order valence-electron chi connectivity index (χ4n) is 2.66. The Morgan fingerprint density at radius 3 is 2.52 bits per heavy atom. The molecule has 0 unspecified atom stereocenters.